The maximum Gasteiger partial charge on any atom is 0.0321 e. The Kier molecular flexibility index (Phi) is 4.77. The van der Waals surface area contributed by atoms with Gasteiger partial charge in [-0.05, 0) is 76.6 Å². The van der Waals surface area contributed by atoms with Crippen LogP contribution in [-0.2, 0) is 6.42 Å². The van der Waals surface area contributed by atoms with Crippen LogP contribution in [0.3, 0.4) is 0 Å². The van der Waals surface area contributed by atoms with Crippen LogP contribution in [0.1, 0.15) is 18.1 Å². The third kappa shape index (κ3) is 3.50. The molecule has 0 aliphatic rings. The zero-order chi connectivity index (χ0) is 18.6. The van der Waals surface area contributed by atoms with Crippen molar-refractivity contribution in [3.05, 3.63) is 108 Å². The molecule has 4 rings (SSSR count). The first-order valence-electron chi connectivity index (χ1n) is 9.44. The molecule has 0 bridgehead atoms. The summed E-state index contributed by atoms with van der Waals surface area (Å²) in [6.45, 7) is 4.41. The van der Waals surface area contributed by atoms with Crippen molar-refractivity contribution in [3.8, 4) is 33.4 Å². The second-order valence-electron chi connectivity index (χ2n) is 6.83. The van der Waals surface area contributed by atoms with Gasteiger partial charge in [0.25, 0.3) is 0 Å². The maximum atomic E-state index is 3.23. The van der Waals surface area contributed by atoms with E-state index in [1.54, 1.807) is 0 Å². The Balaban J connectivity index is 1.87. The minimum atomic E-state index is 1.01. The van der Waals surface area contributed by atoms with Crippen LogP contribution >= 0.6 is 0 Å². The van der Waals surface area contributed by atoms with Crippen molar-refractivity contribution in [2.45, 2.75) is 20.3 Å². The molecule has 0 heterocycles. The first-order valence-corrected chi connectivity index (χ1v) is 9.44. The Morgan fingerprint density at radius 2 is 1.48 bits per heavy atom. The molecule has 0 atom stereocenters. The summed E-state index contributed by atoms with van der Waals surface area (Å²) in [6, 6.07) is 36.4. The molecule has 4 aromatic carbocycles. The fourth-order valence-corrected chi connectivity index (χ4v) is 3.55. The summed E-state index contributed by atoms with van der Waals surface area (Å²) in [7, 11) is 0. The predicted molar refractivity (Wildman–Crippen MR) is 115 cm³/mol. The molecule has 130 valence electrons. The Bertz CT molecular complexity index is 1040. The number of rotatable bonds is 4. The van der Waals surface area contributed by atoms with Crippen LogP contribution in [-0.4, -0.2) is 0 Å². The third-order valence-electron chi connectivity index (χ3n) is 5.09. The standard InChI is InChI=1S/C27H22/c1-3-21-16-17-25(23-12-8-5-9-13-23)19-27(21)26-18-24(15-14-20(26)2)22-10-6-4-7-11-22/h4-8,10-12,14-19H,3H2,1-2H3. The zero-order valence-electron chi connectivity index (χ0n) is 15.8. The van der Waals surface area contributed by atoms with E-state index < -0.39 is 0 Å². The number of hydrogen-bond acceptors (Lipinski definition) is 0. The molecule has 0 amide bonds. The van der Waals surface area contributed by atoms with Gasteiger partial charge in [0.2, 0.25) is 0 Å². The highest BCUT2D eigenvalue weighted by Gasteiger charge is 2.11. The molecule has 0 nitrogen and oxygen atoms in total. The van der Waals surface area contributed by atoms with Gasteiger partial charge in [-0.15, -0.1) is 0 Å². The molecule has 0 N–H and O–H groups in total. The van der Waals surface area contributed by atoms with Gasteiger partial charge in [-0.25, -0.2) is 0 Å². The van der Waals surface area contributed by atoms with Gasteiger partial charge in [-0.2, -0.15) is 0 Å². The average Bonchev–Trinajstić information content (AvgIpc) is 2.75. The Labute approximate surface area is 162 Å². The van der Waals surface area contributed by atoms with Crippen molar-refractivity contribution < 1.29 is 0 Å². The smallest absolute Gasteiger partial charge is 0.0321 e. The lowest BCUT2D eigenvalue weighted by molar-refractivity contribution is 1.14. The van der Waals surface area contributed by atoms with E-state index in [-0.39, 0.29) is 0 Å². The SMILES string of the molecule is CCc1ccc(-c2c#cccc2)cc1-c1cc(-c2ccccc2)ccc1C. The molecule has 0 radical (unpaired) electrons. The number of benzene rings is 3. The summed E-state index contributed by atoms with van der Waals surface area (Å²) in [5.41, 5.74) is 10.0. The lowest BCUT2D eigenvalue weighted by atomic mass is 9.89. The van der Waals surface area contributed by atoms with Gasteiger partial charge in [0, 0.05) is 5.56 Å². The normalized spacial score (nSPS) is 10.4. The Morgan fingerprint density at radius 1 is 0.704 bits per heavy atom. The maximum absolute atomic E-state index is 3.23. The van der Waals surface area contributed by atoms with E-state index >= 15 is 0 Å². The van der Waals surface area contributed by atoms with Crippen molar-refractivity contribution in [2.75, 3.05) is 0 Å². The van der Waals surface area contributed by atoms with Gasteiger partial charge >= 0.3 is 0 Å². The molecule has 0 saturated heterocycles. The highest BCUT2D eigenvalue weighted by molar-refractivity contribution is 5.80. The molecule has 0 aliphatic heterocycles. The molecule has 0 fully saturated rings. The van der Waals surface area contributed by atoms with Crippen molar-refractivity contribution >= 4 is 0 Å². The van der Waals surface area contributed by atoms with Crippen LogP contribution in [0.25, 0.3) is 33.4 Å². The summed E-state index contributed by atoms with van der Waals surface area (Å²) in [4.78, 5) is 0. The minimum Gasteiger partial charge on any atom is -0.0696 e. The molecular formula is C27H22. The summed E-state index contributed by atoms with van der Waals surface area (Å²) < 4.78 is 0. The van der Waals surface area contributed by atoms with E-state index in [9.17, 15) is 0 Å². The first-order chi connectivity index (χ1) is 13.3. The van der Waals surface area contributed by atoms with Crippen molar-refractivity contribution in [3.63, 3.8) is 0 Å². The van der Waals surface area contributed by atoms with Crippen LogP contribution in [0, 0.1) is 19.1 Å². The van der Waals surface area contributed by atoms with Crippen LogP contribution in [0.15, 0.2) is 84.9 Å². The topological polar surface area (TPSA) is 0 Å². The molecule has 0 saturated carbocycles. The van der Waals surface area contributed by atoms with E-state index in [0.717, 1.165) is 12.0 Å². The first kappa shape index (κ1) is 17.1. The van der Waals surface area contributed by atoms with Crippen LogP contribution in [0.5, 0.6) is 0 Å². The summed E-state index contributed by atoms with van der Waals surface area (Å²) in [5, 5.41) is 0. The van der Waals surface area contributed by atoms with Gasteiger partial charge in [-0.1, -0.05) is 79.7 Å². The molecule has 0 aliphatic carbocycles. The third-order valence-corrected chi connectivity index (χ3v) is 5.09. The van der Waals surface area contributed by atoms with Gasteiger partial charge in [-0.3, -0.25) is 0 Å². The molecule has 0 heteroatoms. The van der Waals surface area contributed by atoms with Crippen molar-refractivity contribution in [1.82, 2.24) is 0 Å². The monoisotopic (exact) mass is 346 g/mol. The molecule has 0 spiro atoms. The van der Waals surface area contributed by atoms with Crippen LogP contribution < -0.4 is 0 Å². The van der Waals surface area contributed by atoms with Crippen LogP contribution in [0.4, 0.5) is 0 Å². The lowest BCUT2D eigenvalue weighted by Crippen LogP contribution is -1.92. The highest BCUT2D eigenvalue weighted by Crippen LogP contribution is 2.34. The second kappa shape index (κ2) is 7.52. The molecular weight excluding hydrogens is 324 g/mol. The highest BCUT2D eigenvalue weighted by atomic mass is 14.1. The zero-order valence-corrected chi connectivity index (χ0v) is 15.8. The van der Waals surface area contributed by atoms with Crippen LogP contribution in [0.2, 0.25) is 0 Å². The summed E-state index contributed by atoms with van der Waals surface area (Å²) in [5.74, 6) is 0. The van der Waals surface area contributed by atoms with Gasteiger partial charge in [0.15, 0.2) is 0 Å². The predicted octanol–water partition coefficient (Wildman–Crippen LogP) is 7.16. The largest absolute Gasteiger partial charge is 0.0696 e. The van der Waals surface area contributed by atoms with E-state index in [1.807, 2.05) is 12.1 Å². The molecule has 0 unspecified atom stereocenters. The number of hydrogen-bond donors (Lipinski definition) is 0. The fraction of sp³-hybridized carbons (Fsp3) is 0.111. The fourth-order valence-electron chi connectivity index (χ4n) is 3.55. The van der Waals surface area contributed by atoms with E-state index in [0.29, 0.717) is 0 Å². The molecule has 27 heavy (non-hydrogen) atoms. The Morgan fingerprint density at radius 3 is 2.22 bits per heavy atom. The van der Waals surface area contributed by atoms with Crippen molar-refractivity contribution in [1.29, 1.82) is 0 Å². The summed E-state index contributed by atoms with van der Waals surface area (Å²) >= 11 is 0. The van der Waals surface area contributed by atoms with Gasteiger partial charge in [0.05, 0.1) is 0 Å². The van der Waals surface area contributed by atoms with Gasteiger partial charge < -0.3 is 0 Å². The average molecular weight is 346 g/mol. The van der Waals surface area contributed by atoms with Gasteiger partial charge in [0.1, 0.15) is 0 Å². The lowest BCUT2D eigenvalue weighted by Gasteiger charge is -2.15. The molecule has 0 aromatic heterocycles. The minimum absolute atomic E-state index is 1.01. The Hall–Kier alpha value is -3.30. The quantitative estimate of drug-likeness (QED) is 0.368. The van der Waals surface area contributed by atoms with Crippen molar-refractivity contribution in [2.24, 2.45) is 0 Å². The second-order valence-corrected chi connectivity index (χ2v) is 6.83. The van der Waals surface area contributed by atoms with E-state index in [2.05, 4.69) is 98.8 Å². The molecule has 4 aromatic rings. The van der Waals surface area contributed by atoms with E-state index in [4.69, 9.17) is 0 Å². The van der Waals surface area contributed by atoms with E-state index in [1.165, 1.54) is 38.9 Å². The number of aryl methyl sites for hydroxylation is 2. The summed E-state index contributed by atoms with van der Waals surface area (Å²) in [6.07, 6.45) is 1.01.